The fraction of sp³-hybridized carbons (Fsp3) is 0.105. The van der Waals surface area contributed by atoms with Crippen LogP contribution in [0.25, 0.3) is 22.2 Å². The van der Waals surface area contributed by atoms with Crippen molar-refractivity contribution in [2.45, 2.75) is 13.1 Å². The van der Waals surface area contributed by atoms with Crippen molar-refractivity contribution in [1.29, 1.82) is 0 Å². The van der Waals surface area contributed by atoms with Crippen LogP contribution in [0.2, 0.25) is 0 Å². The lowest BCUT2D eigenvalue weighted by Gasteiger charge is -2.01. The second-order valence-electron chi connectivity index (χ2n) is 5.65. The van der Waals surface area contributed by atoms with Crippen LogP contribution in [0.3, 0.4) is 0 Å². The zero-order chi connectivity index (χ0) is 16.4. The van der Waals surface area contributed by atoms with Crippen LogP contribution >= 0.6 is 28.3 Å². The van der Waals surface area contributed by atoms with E-state index in [0.29, 0.717) is 6.54 Å². The molecule has 6 heteroatoms. The summed E-state index contributed by atoms with van der Waals surface area (Å²) in [6.45, 7) is 1.40. The Bertz CT molecular complexity index is 965. The standard InChI is InChI=1S/C19H16BrN3O.ClH/c20-15-6-7-18-17(8-15)14(11-22-18)10-21-12-16-9-19(23-24-16)13-4-2-1-3-5-13;/h1-9,11,21-22H,10,12H2;1H. The van der Waals surface area contributed by atoms with Crippen molar-refractivity contribution in [3.63, 3.8) is 0 Å². The molecule has 0 saturated heterocycles. The molecule has 25 heavy (non-hydrogen) atoms. The molecule has 0 aliphatic heterocycles. The number of hydrogen-bond donors (Lipinski definition) is 2. The van der Waals surface area contributed by atoms with Crippen LogP contribution < -0.4 is 5.32 Å². The van der Waals surface area contributed by atoms with Crippen molar-refractivity contribution >= 4 is 39.2 Å². The maximum absolute atomic E-state index is 5.42. The van der Waals surface area contributed by atoms with Crippen molar-refractivity contribution in [3.05, 3.63) is 76.6 Å². The number of fused-ring (bicyclic) bond motifs is 1. The molecule has 4 aromatic rings. The van der Waals surface area contributed by atoms with Gasteiger partial charge in [-0.3, -0.25) is 0 Å². The summed E-state index contributed by atoms with van der Waals surface area (Å²) in [7, 11) is 0. The van der Waals surface area contributed by atoms with Crippen LogP contribution in [0.1, 0.15) is 11.3 Å². The van der Waals surface area contributed by atoms with E-state index in [0.717, 1.165) is 33.6 Å². The maximum Gasteiger partial charge on any atom is 0.151 e. The number of nitrogens with one attached hydrogen (secondary N) is 2. The molecule has 0 unspecified atom stereocenters. The third-order valence-electron chi connectivity index (χ3n) is 3.97. The molecule has 0 spiro atoms. The molecule has 0 fully saturated rings. The summed E-state index contributed by atoms with van der Waals surface area (Å²) < 4.78 is 6.50. The van der Waals surface area contributed by atoms with Crippen molar-refractivity contribution in [2.75, 3.05) is 0 Å². The number of H-pyrrole nitrogens is 1. The van der Waals surface area contributed by atoms with Gasteiger partial charge in [-0.2, -0.15) is 0 Å². The molecule has 0 amide bonds. The molecule has 2 heterocycles. The van der Waals surface area contributed by atoms with Crippen molar-refractivity contribution in [3.8, 4) is 11.3 Å². The maximum atomic E-state index is 5.42. The summed E-state index contributed by atoms with van der Waals surface area (Å²) >= 11 is 3.52. The first kappa shape index (κ1) is 17.7. The minimum Gasteiger partial charge on any atom is -0.361 e. The highest BCUT2D eigenvalue weighted by molar-refractivity contribution is 9.10. The molecular formula is C19H17BrClN3O. The van der Waals surface area contributed by atoms with E-state index in [1.54, 1.807) is 0 Å². The summed E-state index contributed by atoms with van der Waals surface area (Å²) in [4.78, 5) is 3.29. The van der Waals surface area contributed by atoms with E-state index in [1.165, 1.54) is 10.9 Å². The Hall–Kier alpha value is -2.08. The van der Waals surface area contributed by atoms with Crippen LogP contribution in [0.4, 0.5) is 0 Å². The quantitative estimate of drug-likeness (QED) is 0.462. The Balaban J connectivity index is 0.00000182. The normalized spacial score (nSPS) is 10.8. The molecule has 128 valence electrons. The van der Waals surface area contributed by atoms with Gasteiger partial charge in [0.15, 0.2) is 5.76 Å². The molecule has 2 N–H and O–H groups in total. The van der Waals surface area contributed by atoms with E-state index in [9.17, 15) is 0 Å². The van der Waals surface area contributed by atoms with Gasteiger partial charge < -0.3 is 14.8 Å². The number of aromatic nitrogens is 2. The largest absolute Gasteiger partial charge is 0.361 e. The Morgan fingerprint density at radius 2 is 1.88 bits per heavy atom. The van der Waals surface area contributed by atoms with E-state index in [-0.39, 0.29) is 12.4 Å². The molecule has 0 aliphatic carbocycles. The monoisotopic (exact) mass is 417 g/mol. The van der Waals surface area contributed by atoms with Crippen LogP contribution in [0.15, 0.2) is 69.8 Å². The SMILES string of the molecule is Brc1ccc2[nH]cc(CNCc3cc(-c4ccccc4)no3)c2c1.Cl. The van der Waals surface area contributed by atoms with E-state index < -0.39 is 0 Å². The molecule has 0 bridgehead atoms. The fourth-order valence-corrected chi connectivity index (χ4v) is 3.12. The van der Waals surface area contributed by atoms with Gasteiger partial charge >= 0.3 is 0 Å². The smallest absolute Gasteiger partial charge is 0.151 e. The zero-order valence-electron chi connectivity index (χ0n) is 13.3. The predicted octanol–water partition coefficient (Wildman–Crippen LogP) is 5.30. The molecule has 0 atom stereocenters. The van der Waals surface area contributed by atoms with E-state index in [4.69, 9.17) is 4.52 Å². The molecule has 0 aliphatic rings. The van der Waals surface area contributed by atoms with Gasteiger partial charge in [-0.15, -0.1) is 12.4 Å². The fourth-order valence-electron chi connectivity index (χ4n) is 2.76. The molecule has 4 rings (SSSR count). The first-order valence-corrected chi connectivity index (χ1v) is 8.56. The Labute approximate surface area is 160 Å². The number of hydrogen-bond acceptors (Lipinski definition) is 3. The number of halogens is 2. The van der Waals surface area contributed by atoms with Crippen molar-refractivity contribution < 1.29 is 4.52 Å². The first-order valence-electron chi connectivity index (χ1n) is 7.77. The zero-order valence-corrected chi connectivity index (χ0v) is 15.7. The van der Waals surface area contributed by atoms with Gasteiger partial charge in [0.05, 0.1) is 6.54 Å². The van der Waals surface area contributed by atoms with Crippen LogP contribution in [0, 0.1) is 0 Å². The molecule has 0 saturated carbocycles. The van der Waals surface area contributed by atoms with Gasteiger partial charge in [0.25, 0.3) is 0 Å². The van der Waals surface area contributed by atoms with Gasteiger partial charge in [0.1, 0.15) is 5.69 Å². The Kier molecular flexibility index (Phi) is 5.58. The summed E-state index contributed by atoms with van der Waals surface area (Å²) in [5.74, 6) is 0.829. The molecule has 4 nitrogen and oxygen atoms in total. The van der Waals surface area contributed by atoms with Gasteiger partial charge in [-0.05, 0) is 23.8 Å². The summed E-state index contributed by atoms with van der Waals surface area (Å²) in [6.07, 6.45) is 2.04. The number of rotatable bonds is 5. The third-order valence-corrected chi connectivity index (χ3v) is 4.47. The molecule has 0 radical (unpaired) electrons. The van der Waals surface area contributed by atoms with Crippen LogP contribution in [-0.4, -0.2) is 10.1 Å². The van der Waals surface area contributed by atoms with Gasteiger partial charge in [-0.1, -0.05) is 51.4 Å². The highest BCUT2D eigenvalue weighted by atomic mass is 79.9. The second-order valence-corrected chi connectivity index (χ2v) is 6.57. The van der Waals surface area contributed by atoms with E-state index in [2.05, 4.69) is 43.5 Å². The number of nitrogens with zero attached hydrogens (tertiary/aromatic N) is 1. The van der Waals surface area contributed by atoms with Crippen molar-refractivity contribution in [1.82, 2.24) is 15.5 Å². The van der Waals surface area contributed by atoms with Crippen LogP contribution in [-0.2, 0) is 13.1 Å². The Morgan fingerprint density at radius 1 is 1.04 bits per heavy atom. The summed E-state index contributed by atoms with van der Waals surface area (Å²) in [6, 6.07) is 18.3. The minimum absolute atomic E-state index is 0. The topological polar surface area (TPSA) is 53.9 Å². The summed E-state index contributed by atoms with van der Waals surface area (Å²) in [5, 5.41) is 8.77. The highest BCUT2D eigenvalue weighted by Gasteiger charge is 2.07. The minimum atomic E-state index is 0. The average molecular weight is 419 g/mol. The van der Waals surface area contributed by atoms with Gasteiger partial charge in [0.2, 0.25) is 0 Å². The summed E-state index contributed by atoms with van der Waals surface area (Å²) in [5.41, 5.74) is 4.30. The number of benzene rings is 2. The lowest BCUT2D eigenvalue weighted by Crippen LogP contribution is -2.11. The van der Waals surface area contributed by atoms with E-state index in [1.807, 2.05) is 48.7 Å². The van der Waals surface area contributed by atoms with Crippen LogP contribution in [0.5, 0.6) is 0 Å². The van der Waals surface area contributed by atoms with Crippen molar-refractivity contribution in [2.24, 2.45) is 0 Å². The number of aromatic amines is 1. The first-order chi connectivity index (χ1) is 11.8. The predicted molar refractivity (Wildman–Crippen MR) is 106 cm³/mol. The lowest BCUT2D eigenvalue weighted by atomic mass is 10.1. The second kappa shape index (κ2) is 7.87. The van der Waals surface area contributed by atoms with Gasteiger partial charge in [0, 0.05) is 39.7 Å². The van der Waals surface area contributed by atoms with E-state index >= 15 is 0 Å². The van der Waals surface area contributed by atoms with Gasteiger partial charge in [-0.25, -0.2) is 0 Å². The molecule has 2 aromatic carbocycles. The lowest BCUT2D eigenvalue weighted by molar-refractivity contribution is 0.374. The molecular weight excluding hydrogens is 402 g/mol. The average Bonchev–Trinajstić information content (AvgIpc) is 3.23. The third kappa shape index (κ3) is 3.95. The Morgan fingerprint density at radius 3 is 2.72 bits per heavy atom. The molecule has 2 aromatic heterocycles. The highest BCUT2D eigenvalue weighted by Crippen LogP contribution is 2.23.